The number of nitrogens with zero attached hydrogens (tertiary/aromatic N) is 3. The number of ether oxygens (including phenoxy) is 2. The van der Waals surface area contributed by atoms with Crippen LogP contribution in [0.25, 0.3) is 0 Å². The lowest BCUT2D eigenvalue weighted by molar-refractivity contribution is -0.00180. The van der Waals surface area contributed by atoms with Crippen LogP contribution in [0.2, 0.25) is 0 Å². The first kappa shape index (κ1) is 17.0. The molecular weight excluding hydrogens is 332 g/mol. The van der Waals surface area contributed by atoms with Crippen molar-refractivity contribution in [1.82, 2.24) is 20.3 Å². The van der Waals surface area contributed by atoms with Gasteiger partial charge in [0, 0.05) is 6.04 Å². The molecule has 1 unspecified atom stereocenters. The SMILES string of the molecule is COc1ccc(C2Cn3nnc(C(=O)NC4CCCCC4)c3CO2)cc1. The van der Waals surface area contributed by atoms with E-state index in [-0.39, 0.29) is 18.1 Å². The Morgan fingerprint density at radius 1 is 1.23 bits per heavy atom. The lowest BCUT2D eigenvalue weighted by atomic mass is 9.95. The van der Waals surface area contributed by atoms with E-state index in [0.717, 1.165) is 29.8 Å². The highest BCUT2D eigenvalue weighted by Crippen LogP contribution is 2.28. The maximum absolute atomic E-state index is 12.6. The number of hydrogen-bond donors (Lipinski definition) is 1. The van der Waals surface area contributed by atoms with Crippen LogP contribution in [-0.2, 0) is 17.9 Å². The van der Waals surface area contributed by atoms with Crippen LogP contribution >= 0.6 is 0 Å². The summed E-state index contributed by atoms with van der Waals surface area (Å²) in [5.41, 5.74) is 2.20. The molecule has 1 saturated carbocycles. The summed E-state index contributed by atoms with van der Waals surface area (Å²) in [5.74, 6) is 0.678. The molecule has 1 fully saturated rings. The molecule has 0 spiro atoms. The van der Waals surface area contributed by atoms with Crippen molar-refractivity contribution in [3.8, 4) is 5.75 Å². The largest absolute Gasteiger partial charge is 0.497 e. The van der Waals surface area contributed by atoms with E-state index < -0.39 is 0 Å². The summed E-state index contributed by atoms with van der Waals surface area (Å²) in [5, 5.41) is 11.4. The van der Waals surface area contributed by atoms with Gasteiger partial charge < -0.3 is 14.8 Å². The van der Waals surface area contributed by atoms with E-state index in [2.05, 4.69) is 15.6 Å². The normalized spacial score (nSPS) is 20.4. The number of methoxy groups -OCH3 is 1. The van der Waals surface area contributed by atoms with Gasteiger partial charge in [0.15, 0.2) is 5.69 Å². The summed E-state index contributed by atoms with van der Waals surface area (Å²) in [6.07, 6.45) is 5.60. The highest BCUT2D eigenvalue weighted by molar-refractivity contribution is 5.93. The summed E-state index contributed by atoms with van der Waals surface area (Å²) < 4.78 is 13.0. The van der Waals surface area contributed by atoms with E-state index in [0.29, 0.717) is 18.8 Å². The number of hydrogen-bond acceptors (Lipinski definition) is 5. The number of amides is 1. The highest BCUT2D eigenvalue weighted by atomic mass is 16.5. The molecule has 4 rings (SSSR count). The van der Waals surface area contributed by atoms with Crippen molar-refractivity contribution in [2.45, 2.75) is 57.4 Å². The van der Waals surface area contributed by atoms with Crippen LogP contribution < -0.4 is 10.1 Å². The Bertz CT molecular complexity index is 766. The van der Waals surface area contributed by atoms with E-state index in [4.69, 9.17) is 9.47 Å². The van der Waals surface area contributed by atoms with Gasteiger partial charge in [-0.15, -0.1) is 5.10 Å². The van der Waals surface area contributed by atoms with E-state index in [9.17, 15) is 4.79 Å². The number of fused-ring (bicyclic) bond motifs is 1. The van der Waals surface area contributed by atoms with Crippen LogP contribution in [-0.4, -0.2) is 34.1 Å². The van der Waals surface area contributed by atoms with E-state index in [1.165, 1.54) is 19.3 Å². The Morgan fingerprint density at radius 3 is 2.73 bits per heavy atom. The summed E-state index contributed by atoms with van der Waals surface area (Å²) >= 11 is 0. The van der Waals surface area contributed by atoms with E-state index in [1.54, 1.807) is 11.8 Å². The number of rotatable bonds is 4. The predicted molar refractivity (Wildman–Crippen MR) is 94.9 cm³/mol. The topological polar surface area (TPSA) is 78.3 Å². The number of aromatic nitrogens is 3. The zero-order chi connectivity index (χ0) is 17.9. The van der Waals surface area contributed by atoms with Crippen LogP contribution in [0, 0.1) is 0 Å². The highest BCUT2D eigenvalue weighted by Gasteiger charge is 2.28. The van der Waals surface area contributed by atoms with Gasteiger partial charge in [-0.3, -0.25) is 4.79 Å². The van der Waals surface area contributed by atoms with Gasteiger partial charge in [0.25, 0.3) is 5.91 Å². The molecule has 0 saturated heterocycles. The van der Waals surface area contributed by atoms with Crippen molar-refractivity contribution in [2.75, 3.05) is 7.11 Å². The Morgan fingerprint density at radius 2 is 2.00 bits per heavy atom. The molecule has 7 nitrogen and oxygen atoms in total. The first-order valence-corrected chi connectivity index (χ1v) is 9.23. The van der Waals surface area contributed by atoms with E-state index in [1.807, 2.05) is 24.3 Å². The number of carbonyl (C=O) groups is 1. The molecule has 138 valence electrons. The van der Waals surface area contributed by atoms with Gasteiger partial charge in [-0.05, 0) is 30.5 Å². The molecule has 1 aromatic heterocycles. The molecule has 1 atom stereocenters. The van der Waals surface area contributed by atoms with Gasteiger partial charge in [0.2, 0.25) is 0 Å². The fraction of sp³-hybridized carbons (Fsp3) is 0.526. The van der Waals surface area contributed by atoms with Crippen LogP contribution in [0.5, 0.6) is 5.75 Å². The lowest BCUT2D eigenvalue weighted by Gasteiger charge is -2.25. The zero-order valence-corrected chi connectivity index (χ0v) is 15.0. The van der Waals surface area contributed by atoms with Crippen molar-refractivity contribution < 1.29 is 14.3 Å². The Kier molecular flexibility index (Phi) is 4.88. The van der Waals surface area contributed by atoms with Gasteiger partial charge in [0.1, 0.15) is 11.9 Å². The third kappa shape index (κ3) is 3.44. The predicted octanol–water partition coefficient (Wildman–Crippen LogP) is 2.62. The van der Waals surface area contributed by atoms with Crippen LogP contribution in [0.1, 0.15) is 60.0 Å². The molecule has 2 aromatic rings. The van der Waals surface area contributed by atoms with Crippen molar-refractivity contribution in [1.29, 1.82) is 0 Å². The third-order valence-electron chi connectivity index (χ3n) is 5.24. The summed E-state index contributed by atoms with van der Waals surface area (Å²) in [7, 11) is 1.65. The minimum atomic E-state index is -0.135. The van der Waals surface area contributed by atoms with Crippen molar-refractivity contribution >= 4 is 5.91 Å². The van der Waals surface area contributed by atoms with Crippen LogP contribution in [0.4, 0.5) is 0 Å². The maximum Gasteiger partial charge on any atom is 0.274 e. The molecular formula is C19H24N4O3. The summed E-state index contributed by atoms with van der Waals surface area (Å²) in [6, 6.07) is 8.06. The summed E-state index contributed by atoms with van der Waals surface area (Å²) in [4.78, 5) is 12.6. The van der Waals surface area contributed by atoms with Crippen molar-refractivity contribution in [3.63, 3.8) is 0 Å². The zero-order valence-electron chi connectivity index (χ0n) is 15.0. The maximum atomic E-state index is 12.6. The lowest BCUT2D eigenvalue weighted by Crippen LogP contribution is -2.37. The molecule has 1 N–H and O–H groups in total. The average molecular weight is 356 g/mol. The first-order valence-electron chi connectivity index (χ1n) is 9.23. The van der Waals surface area contributed by atoms with Crippen molar-refractivity contribution in [3.05, 3.63) is 41.2 Å². The monoisotopic (exact) mass is 356 g/mol. The number of nitrogens with one attached hydrogen (secondary N) is 1. The molecule has 0 radical (unpaired) electrons. The molecule has 26 heavy (non-hydrogen) atoms. The third-order valence-corrected chi connectivity index (χ3v) is 5.24. The molecule has 2 aliphatic rings. The van der Waals surface area contributed by atoms with Crippen LogP contribution in [0.3, 0.4) is 0 Å². The summed E-state index contributed by atoms with van der Waals surface area (Å²) in [6.45, 7) is 0.877. The van der Waals surface area contributed by atoms with Gasteiger partial charge in [-0.1, -0.05) is 36.6 Å². The Balaban J connectivity index is 1.45. The van der Waals surface area contributed by atoms with Gasteiger partial charge in [-0.25, -0.2) is 4.68 Å². The minimum Gasteiger partial charge on any atom is -0.497 e. The fourth-order valence-corrected chi connectivity index (χ4v) is 3.71. The number of benzene rings is 1. The Hall–Kier alpha value is -2.41. The van der Waals surface area contributed by atoms with Gasteiger partial charge in [-0.2, -0.15) is 0 Å². The molecule has 1 aliphatic heterocycles. The quantitative estimate of drug-likeness (QED) is 0.911. The second-order valence-corrected chi connectivity index (χ2v) is 6.95. The number of carbonyl (C=O) groups excluding carboxylic acids is 1. The average Bonchev–Trinajstić information content (AvgIpc) is 3.12. The van der Waals surface area contributed by atoms with Gasteiger partial charge in [0.05, 0.1) is 26.0 Å². The second-order valence-electron chi connectivity index (χ2n) is 6.95. The standard InChI is InChI=1S/C19H24N4O3/c1-25-15-9-7-13(8-10-15)17-11-23-16(12-26-17)18(21-22-23)19(24)20-14-5-3-2-4-6-14/h7-10,14,17H,2-6,11-12H2,1H3,(H,20,24). The molecule has 7 heteroatoms. The smallest absolute Gasteiger partial charge is 0.274 e. The molecule has 1 amide bonds. The minimum absolute atomic E-state index is 0.107. The van der Waals surface area contributed by atoms with Gasteiger partial charge >= 0.3 is 0 Å². The Labute approximate surface area is 152 Å². The molecule has 1 aromatic carbocycles. The first-order chi connectivity index (χ1) is 12.7. The molecule has 2 heterocycles. The molecule has 1 aliphatic carbocycles. The fourth-order valence-electron chi connectivity index (χ4n) is 3.71. The van der Waals surface area contributed by atoms with Crippen molar-refractivity contribution in [2.24, 2.45) is 0 Å². The molecule has 0 bridgehead atoms. The van der Waals surface area contributed by atoms with E-state index >= 15 is 0 Å². The van der Waals surface area contributed by atoms with Crippen LogP contribution in [0.15, 0.2) is 24.3 Å². The second kappa shape index (κ2) is 7.45.